The van der Waals surface area contributed by atoms with Crippen molar-refractivity contribution in [3.05, 3.63) is 40.7 Å². The highest BCUT2D eigenvalue weighted by molar-refractivity contribution is 6.02. The summed E-state index contributed by atoms with van der Waals surface area (Å²) < 4.78 is 7.87. The molecule has 28 heavy (non-hydrogen) atoms. The molecule has 4 heteroatoms. The molecule has 2 N–H and O–H groups in total. The largest absolute Gasteiger partial charge is 0.496 e. The molecule has 1 saturated carbocycles. The van der Waals surface area contributed by atoms with Crippen LogP contribution < -0.4 is 10.5 Å². The van der Waals surface area contributed by atoms with E-state index < -0.39 is 0 Å². The second-order valence-electron chi connectivity index (χ2n) is 8.05. The van der Waals surface area contributed by atoms with Crippen LogP contribution in [0.25, 0.3) is 11.1 Å². The topological polar surface area (TPSA) is 57.2 Å². The summed E-state index contributed by atoms with van der Waals surface area (Å²) in [5.41, 5.74) is 12.0. The van der Waals surface area contributed by atoms with E-state index in [1.54, 1.807) is 7.11 Å². The van der Waals surface area contributed by atoms with Crippen LogP contribution in [0.3, 0.4) is 0 Å². The first-order valence-corrected chi connectivity index (χ1v) is 10.7. The zero-order chi connectivity index (χ0) is 20.3. The Morgan fingerprint density at radius 3 is 2.32 bits per heavy atom. The number of hydrogen-bond donors (Lipinski definition) is 1. The summed E-state index contributed by atoms with van der Waals surface area (Å²) in [5.74, 6) is 0.527. The Labute approximate surface area is 169 Å². The van der Waals surface area contributed by atoms with Crippen LogP contribution in [0.4, 0.5) is 0 Å². The predicted molar refractivity (Wildman–Crippen MR) is 115 cm³/mol. The van der Waals surface area contributed by atoms with E-state index in [2.05, 4.69) is 30.5 Å². The van der Waals surface area contributed by atoms with Crippen molar-refractivity contribution >= 4 is 5.91 Å². The van der Waals surface area contributed by atoms with Gasteiger partial charge in [-0.1, -0.05) is 45.1 Å². The Bertz CT molecular complexity index is 843. The van der Waals surface area contributed by atoms with E-state index in [4.69, 9.17) is 10.5 Å². The highest BCUT2D eigenvalue weighted by atomic mass is 16.5. The van der Waals surface area contributed by atoms with Gasteiger partial charge in [0.2, 0.25) is 0 Å². The molecule has 0 spiro atoms. The van der Waals surface area contributed by atoms with Gasteiger partial charge in [0.05, 0.1) is 12.7 Å². The second-order valence-corrected chi connectivity index (χ2v) is 8.05. The van der Waals surface area contributed by atoms with Crippen molar-refractivity contribution in [1.29, 1.82) is 0 Å². The molecule has 4 nitrogen and oxygen atoms in total. The fourth-order valence-corrected chi connectivity index (χ4v) is 4.95. The second kappa shape index (κ2) is 8.85. The number of methoxy groups -OCH3 is 1. The molecule has 1 aromatic heterocycles. The fourth-order valence-electron chi connectivity index (χ4n) is 4.95. The number of carbonyl (C=O) groups is 1. The van der Waals surface area contributed by atoms with E-state index in [1.807, 2.05) is 13.0 Å². The third-order valence-corrected chi connectivity index (χ3v) is 6.26. The van der Waals surface area contributed by atoms with Crippen LogP contribution in [0, 0.1) is 13.8 Å². The van der Waals surface area contributed by atoms with Crippen LogP contribution in [0.1, 0.15) is 85.2 Å². The van der Waals surface area contributed by atoms with E-state index >= 15 is 0 Å². The Morgan fingerprint density at radius 1 is 1.14 bits per heavy atom. The van der Waals surface area contributed by atoms with Gasteiger partial charge in [0.15, 0.2) is 0 Å². The molecule has 1 aliphatic rings. The Kier molecular flexibility index (Phi) is 6.48. The zero-order valence-electron chi connectivity index (χ0n) is 17.8. The van der Waals surface area contributed by atoms with Crippen molar-refractivity contribution in [2.75, 3.05) is 7.11 Å². The highest BCUT2D eigenvalue weighted by Crippen LogP contribution is 2.39. The minimum Gasteiger partial charge on any atom is -0.496 e. The fraction of sp³-hybridized carbons (Fsp3) is 0.542. The average Bonchev–Trinajstić information content (AvgIpc) is 2.94. The number of primary amides is 1. The van der Waals surface area contributed by atoms with Crippen LogP contribution >= 0.6 is 0 Å². The zero-order valence-corrected chi connectivity index (χ0v) is 17.8. The summed E-state index contributed by atoms with van der Waals surface area (Å²) in [4.78, 5) is 12.5. The lowest BCUT2D eigenvalue weighted by Crippen LogP contribution is -2.17. The van der Waals surface area contributed by atoms with Crippen molar-refractivity contribution in [3.63, 3.8) is 0 Å². The number of aryl methyl sites for hydroxylation is 1. The highest BCUT2D eigenvalue weighted by Gasteiger charge is 2.27. The molecule has 0 aliphatic heterocycles. The van der Waals surface area contributed by atoms with Crippen molar-refractivity contribution in [2.45, 2.75) is 78.2 Å². The number of nitrogens with two attached hydrogens (primary N) is 1. The molecular formula is C24H34N2O2. The summed E-state index contributed by atoms with van der Waals surface area (Å²) in [6.07, 6.45) is 9.73. The summed E-state index contributed by atoms with van der Waals surface area (Å²) in [5, 5.41) is 0. The maximum absolute atomic E-state index is 12.5. The van der Waals surface area contributed by atoms with Crippen LogP contribution in [0.2, 0.25) is 0 Å². The van der Waals surface area contributed by atoms with E-state index in [-0.39, 0.29) is 5.91 Å². The molecule has 0 radical (unpaired) electrons. The third kappa shape index (κ3) is 3.82. The predicted octanol–water partition coefficient (Wildman–Crippen LogP) is 5.73. The molecule has 152 valence electrons. The number of amides is 1. The molecule has 1 aromatic carbocycles. The Morgan fingerprint density at radius 2 is 1.79 bits per heavy atom. The normalized spacial score (nSPS) is 15.9. The molecule has 1 heterocycles. The number of hydrogen-bond acceptors (Lipinski definition) is 2. The van der Waals surface area contributed by atoms with Gasteiger partial charge >= 0.3 is 0 Å². The van der Waals surface area contributed by atoms with Crippen LogP contribution in [-0.2, 0) is 6.42 Å². The minimum absolute atomic E-state index is 0.333. The van der Waals surface area contributed by atoms with Gasteiger partial charge in [0, 0.05) is 23.0 Å². The summed E-state index contributed by atoms with van der Waals surface area (Å²) >= 11 is 0. The monoisotopic (exact) mass is 382 g/mol. The van der Waals surface area contributed by atoms with Crippen molar-refractivity contribution in [3.8, 4) is 16.9 Å². The first-order valence-electron chi connectivity index (χ1n) is 10.7. The van der Waals surface area contributed by atoms with E-state index in [1.165, 1.54) is 50.6 Å². The van der Waals surface area contributed by atoms with E-state index in [0.717, 1.165) is 34.6 Å². The quantitative estimate of drug-likeness (QED) is 0.718. The lowest BCUT2D eigenvalue weighted by molar-refractivity contribution is 0.1000. The molecule has 3 rings (SSSR count). The van der Waals surface area contributed by atoms with Crippen molar-refractivity contribution < 1.29 is 9.53 Å². The van der Waals surface area contributed by atoms with Gasteiger partial charge in [-0.05, 0) is 56.4 Å². The van der Waals surface area contributed by atoms with Gasteiger partial charge in [-0.3, -0.25) is 4.79 Å². The number of benzene rings is 1. The Hall–Kier alpha value is -2.23. The molecule has 1 fully saturated rings. The van der Waals surface area contributed by atoms with Gasteiger partial charge < -0.3 is 15.0 Å². The smallest absolute Gasteiger partial charge is 0.251 e. The first kappa shape index (κ1) is 20.5. The lowest BCUT2D eigenvalue weighted by Gasteiger charge is -2.25. The number of aromatic nitrogens is 1. The van der Waals surface area contributed by atoms with E-state index in [0.29, 0.717) is 11.6 Å². The maximum atomic E-state index is 12.5. The van der Waals surface area contributed by atoms with Gasteiger partial charge in [-0.2, -0.15) is 0 Å². The third-order valence-electron chi connectivity index (χ3n) is 6.26. The molecular weight excluding hydrogens is 348 g/mol. The summed E-state index contributed by atoms with van der Waals surface area (Å²) in [7, 11) is 1.68. The maximum Gasteiger partial charge on any atom is 0.251 e. The standard InChI is InChI=1S/C24H34N2O2/c1-5-20-23(18-13-14-21(28-4)16(2)15-18)22(24(25)27)17(3)26(20)19-11-9-7-6-8-10-12-19/h13-15,19H,5-12H2,1-4H3,(H2,25,27). The van der Waals surface area contributed by atoms with Gasteiger partial charge in [0.25, 0.3) is 5.91 Å². The number of carbonyl (C=O) groups excluding carboxylic acids is 1. The van der Waals surface area contributed by atoms with E-state index in [9.17, 15) is 4.79 Å². The average molecular weight is 383 g/mol. The number of ether oxygens (including phenoxy) is 1. The summed E-state index contributed by atoms with van der Waals surface area (Å²) in [6, 6.07) is 6.61. The summed E-state index contributed by atoms with van der Waals surface area (Å²) in [6.45, 7) is 6.29. The molecule has 2 aromatic rings. The molecule has 0 unspecified atom stereocenters. The molecule has 0 atom stereocenters. The lowest BCUT2D eigenvalue weighted by atomic mass is 9.95. The molecule has 0 bridgehead atoms. The van der Waals surface area contributed by atoms with Gasteiger partial charge in [-0.25, -0.2) is 0 Å². The number of rotatable bonds is 5. The van der Waals surface area contributed by atoms with Crippen molar-refractivity contribution in [1.82, 2.24) is 4.57 Å². The van der Waals surface area contributed by atoms with Gasteiger partial charge in [0.1, 0.15) is 5.75 Å². The molecule has 0 saturated heterocycles. The molecule has 1 aliphatic carbocycles. The van der Waals surface area contributed by atoms with Crippen LogP contribution in [0.15, 0.2) is 18.2 Å². The molecule has 1 amide bonds. The van der Waals surface area contributed by atoms with Crippen LogP contribution in [-0.4, -0.2) is 17.6 Å². The minimum atomic E-state index is -0.333. The number of nitrogens with zero attached hydrogens (tertiary/aromatic N) is 1. The first-order chi connectivity index (χ1) is 13.5. The SMILES string of the molecule is CCc1c(-c2ccc(OC)c(C)c2)c(C(N)=O)c(C)n1C1CCCCCCC1. The van der Waals surface area contributed by atoms with Crippen LogP contribution in [0.5, 0.6) is 5.75 Å². The van der Waals surface area contributed by atoms with Gasteiger partial charge in [-0.15, -0.1) is 0 Å². The van der Waals surface area contributed by atoms with Crippen molar-refractivity contribution in [2.24, 2.45) is 5.73 Å². The Balaban J connectivity index is 2.18.